The van der Waals surface area contributed by atoms with Crippen molar-refractivity contribution in [2.75, 3.05) is 0 Å². The van der Waals surface area contributed by atoms with Crippen molar-refractivity contribution in [3.05, 3.63) is 109 Å². The third-order valence-corrected chi connectivity index (χ3v) is 6.40. The van der Waals surface area contributed by atoms with Gasteiger partial charge < -0.3 is 9.84 Å². The Morgan fingerprint density at radius 1 is 0.657 bits per heavy atom. The van der Waals surface area contributed by atoms with Crippen molar-refractivity contribution in [3.8, 4) is 23.2 Å². The Kier molecular flexibility index (Phi) is 4.23. The van der Waals surface area contributed by atoms with Gasteiger partial charge in [0.1, 0.15) is 22.8 Å². The highest BCUT2D eigenvalue weighted by molar-refractivity contribution is 6.10. The fourth-order valence-corrected chi connectivity index (χ4v) is 4.86. The second kappa shape index (κ2) is 7.57. The molecule has 5 heteroatoms. The summed E-state index contributed by atoms with van der Waals surface area (Å²) in [5.41, 5.74) is 2.60. The number of hydrogen-bond acceptors (Lipinski definition) is 4. The molecule has 1 N–H and O–H groups in total. The highest BCUT2D eigenvalue weighted by Crippen LogP contribution is 2.36. The van der Waals surface area contributed by atoms with E-state index in [4.69, 9.17) is 4.74 Å². The molecule has 0 atom stereocenters. The molecule has 0 aliphatic heterocycles. The van der Waals surface area contributed by atoms with E-state index in [1.807, 2.05) is 78.9 Å². The van der Waals surface area contributed by atoms with Crippen LogP contribution < -0.4 is 4.74 Å². The predicted molar refractivity (Wildman–Crippen MR) is 140 cm³/mol. The fraction of sp³-hybridized carbons (Fsp3) is 0. The first-order valence-corrected chi connectivity index (χ1v) is 11.4. The van der Waals surface area contributed by atoms with Crippen molar-refractivity contribution >= 4 is 43.5 Å². The molecule has 5 nitrogen and oxygen atoms in total. The average Bonchev–Trinajstić information content (AvgIpc) is 3.23. The van der Waals surface area contributed by atoms with E-state index in [1.54, 1.807) is 12.3 Å². The van der Waals surface area contributed by atoms with Gasteiger partial charge in [0.2, 0.25) is 5.88 Å². The van der Waals surface area contributed by atoms with Crippen LogP contribution in [-0.2, 0) is 0 Å². The lowest BCUT2D eigenvalue weighted by Gasteiger charge is -2.10. The number of phenols is 1. The number of fused-ring (bicyclic) bond motifs is 6. The largest absolute Gasteiger partial charge is 0.506 e. The Morgan fingerprint density at radius 3 is 2.31 bits per heavy atom. The molecule has 0 spiro atoms. The van der Waals surface area contributed by atoms with Crippen LogP contribution in [0.1, 0.15) is 0 Å². The molecule has 7 aromatic rings. The van der Waals surface area contributed by atoms with Gasteiger partial charge in [-0.3, -0.25) is 4.57 Å². The minimum absolute atomic E-state index is 0.134. The number of benzene rings is 4. The van der Waals surface area contributed by atoms with Crippen LogP contribution in [0.15, 0.2) is 109 Å². The monoisotopic (exact) mass is 453 g/mol. The minimum atomic E-state index is 0.134. The zero-order valence-electron chi connectivity index (χ0n) is 18.6. The first kappa shape index (κ1) is 19.6. The summed E-state index contributed by atoms with van der Waals surface area (Å²) in [6.07, 6.45) is 1.80. The Hall–Kier alpha value is -4.90. The van der Waals surface area contributed by atoms with E-state index >= 15 is 0 Å². The maximum atomic E-state index is 10.6. The molecule has 0 radical (unpaired) electrons. The smallest absolute Gasteiger partial charge is 0.219 e. The summed E-state index contributed by atoms with van der Waals surface area (Å²) < 4.78 is 8.33. The summed E-state index contributed by atoms with van der Waals surface area (Å²) in [6.45, 7) is 0. The van der Waals surface area contributed by atoms with Gasteiger partial charge in [-0.2, -0.15) is 0 Å². The third kappa shape index (κ3) is 3.09. The summed E-state index contributed by atoms with van der Waals surface area (Å²) in [5, 5.41) is 15.8. The lowest BCUT2D eigenvalue weighted by atomic mass is 10.0. The average molecular weight is 454 g/mol. The number of nitrogens with zero attached hydrogens (tertiary/aromatic N) is 3. The summed E-state index contributed by atoms with van der Waals surface area (Å²) in [7, 11) is 0. The van der Waals surface area contributed by atoms with Crippen molar-refractivity contribution in [3.63, 3.8) is 0 Å². The van der Waals surface area contributed by atoms with Gasteiger partial charge in [-0.05, 0) is 53.2 Å². The van der Waals surface area contributed by atoms with E-state index in [0.717, 1.165) is 43.8 Å². The maximum absolute atomic E-state index is 10.6. The normalized spacial score (nSPS) is 11.5. The molecule has 0 aliphatic rings. The first-order chi connectivity index (χ1) is 17.3. The van der Waals surface area contributed by atoms with Gasteiger partial charge in [-0.1, -0.05) is 48.5 Å². The van der Waals surface area contributed by atoms with Gasteiger partial charge in [0, 0.05) is 34.5 Å². The van der Waals surface area contributed by atoms with Crippen molar-refractivity contribution in [1.29, 1.82) is 0 Å². The van der Waals surface area contributed by atoms with Crippen LogP contribution in [0, 0.1) is 0 Å². The van der Waals surface area contributed by atoms with Crippen LogP contribution in [0.4, 0.5) is 0 Å². The zero-order chi connectivity index (χ0) is 23.4. The van der Waals surface area contributed by atoms with Crippen LogP contribution in [0.2, 0.25) is 0 Å². The van der Waals surface area contributed by atoms with Crippen molar-refractivity contribution in [1.82, 2.24) is 14.5 Å². The molecule has 3 aromatic heterocycles. The van der Waals surface area contributed by atoms with Crippen LogP contribution in [-0.4, -0.2) is 19.6 Å². The highest BCUT2D eigenvalue weighted by atomic mass is 16.5. The molecule has 0 saturated carbocycles. The second-order valence-electron chi connectivity index (χ2n) is 8.48. The summed E-state index contributed by atoms with van der Waals surface area (Å²) >= 11 is 0. The minimum Gasteiger partial charge on any atom is -0.506 e. The lowest BCUT2D eigenvalue weighted by Crippen LogP contribution is -1.96. The molecular formula is C30H19N3O2. The van der Waals surface area contributed by atoms with E-state index in [9.17, 15) is 5.11 Å². The number of hydrogen-bond donors (Lipinski definition) is 1. The van der Waals surface area contributed by atoms with Crippen LogP contribution >= 0.6 is 0 Å². The third-order valence-electron chi connectivity index (χ3n) is 6.40. The summed E-state index contributed by atoms with van der Waals surface area (Å²) in [5.74, 6) is 2.05. The van der Waals surface area contributed by atoms with Gasteiger partial charge in [0.15, 0.2) is 0 Å². The molecule has 0 saturated heterocycles. The molecule has 7 rings (SSSR count). The Morgan fingerprint density at radius 2 is 1.43 bits per heavy atom. The second-order valence-corrected chi connectivity index (χ2v) is 8.48. The predicted octanol–water partition coefficient (Wildman–Crippen LogP) is 7.38. The zero-order valence-corrected chi connectivity index (χ0v) is 18.6. The molecule has 166 valence electrons. The standard InChI is InChI=1S/C30H19N3O2/c34-27-17-19-7-1-2-8-21(19)24-14-15-29(32-30(24)27)35-20-12-13-23-22-9-3-4-10-25(22)33(26(23)18-20)28-11-5-6-16-31-28/h1-18,34H. The van der Waals surface area contributed by atoms with Gasteiger partial charge >= 0.3 is 0 Å². The Labute approximate surface area is 200 Å². The maximum Gasteiger partial charge on any atom is 0.219 e. The van der Waals surface area contributed by atoms with Gasteiger partial charge in [0.05, 0.1) is 11.0 Å². The van der Waals surface area contributed by atoms with Crippen LogP contribution in [0.5, 0.6) is 17.4 Å². The molecular weight excluding hydrogens is 434 g/mol. The van der Waals surface area contributed by atoms with E-state index < -0.39 is 0 Å². The number of phenolic OH excluding ortho intramolecular Hbond substituents is 1. The lowest BCUT2D eigenvalue weighted by molar-refractivity contribution is 0.460. The quantitative estimate of drug-likeness (QED) is 0.284. The number of ether oxygens (including phenoxy) is 1. The Balaban J connectivity index is 1.37. The fourth-order valence-electron chi connectivity index (χ4n) is 4.86. The Bertz CT molecular complexity index is 1890. The molecule has 4 aromatic carbocycles. The highest BCUT2D eigenvalue weighted by Gasteiger charge is 2.14. The van der Waals surface area contributed by atoms with Crippen molar-refractivity contribution < 1.29 is 9.84 Å². The summed E-state index contributed by atoms with van der Waals surface area (Å²) in [6, 6.07) is 33.7. The van der Waals surface area contributed by atoms with E-state index in [2.05, 4.69) is 32.7 Å². The summed E-state index contributed by atoms with van der Waals surface area (Å²) in [4.78, 5) is 9.22. The van der Waals surface area contributed by atoms with Crippen LogP contribution in [0.3, 0.4) is 0 Å². The van der Waals surface area contributed by atoms with Gasteiger partial charge in [-0.25, -0.2) is 9.97 Å². The number of aromatic hydroxyl groups is 1. The molecule has 35 heavy (non-hydrogen) atoms. The van der Waals surface area contributed by atoms with Crippen molar-refractivity contribution in [2.45, 2.75) is 0 Å². The number of rotatable bonds is 3. The first-order valence-electron chi connectivity index (χ1n) is 11.4. The molecule has 0 bridgehead atoms. The number of para-hydroxylation sites is 1. The van der Waals surface area contributed by atoms with E-state index in [-0.39, 0.29) is 5.75 Å². The molecule has 3 heterocycles. The van der Waals surface area contributed by atoms with Gasteiger partial charge in [-0.15, -0.1) is 0 Å². The molecule has 0 unspecified atom stereocenters. The van der Waals surface area contributed by atoms with E-state index in [1.165, 1.54) is 0 Å². The molecule has 0 fully saturated rings. The van der Waals surface area contributed by atoms with E-state index in [0.29, 0.717) is 17.1 Å². The van der Waals surface area contributed by atoms with Gasteiger partial charge in [0.25, 0.3) is 0 Å². The SMILES string of the molecule is Oc1cc2ccccc2c2ccc(Oc3ccc4c5ccccc5n(-c5ccccn5)c4c3)nc12. The van der Waals surface area contributed by atoms with Crippen LogP contribution in [0.25, 0.3) is 49.3 Å². The number of pyridine rings is 2. The molecule has 0 aliphatic carbocycles. The number of aromatic nitrogens is 3. The topological polar surface area (TPSA) is 60.2 Å². The molecule has 0 amide bonds. The van der Waals surface area contributed by atoms with Crippen molar-refractivity contribution in [2.24, 2.45) is 0 Å².